The third kappa shape index (κ3) is 2.63. The summed E-state index contributed by atoms with van der Waals surface area (Å²) in [6.45, 7) is 2.88. The number of amides is 1. The Hall–Kier alpha value is -3.48. The molecule has 0 unspecified atom stereocenters. The van der Waals surface area contributed by atoms with Crippen LogP contribution in [-0.2, 0) is 6.54 Å². The van der Waals surface area contributed by atoms with E-state index in [2.05, 4.69) is 39.1 Å². The van der Waals surface area contributed by atoms with Gasteiger partial charge in [-0.1, -0.05) is 6.07 Å². The first-order valence-electron chi connectivity index (χ1n) is 8.27. The first-order valence-corrected chi connectivity index (χ1v) is 8.27. The molecule has 0 aliphatic rings. The average Bonchev–Trinajstić information content (AvgIpc) is 3.39. The zero-order valence-electron chi connectivity index (χ0n) is 14.4. The lowest BCUT2D eigenvalue weighted by Crippen LogP contribution is -2.10. The highest BCUT2D eigenvalue weighted by atomic mass is 16.5. The fraction of sp³-hybridized carbons (Fsp3) is 0.158. The lowest BCUT2D eigenvalue weighted by atomic mass is 10.2. The summed E-state index contributed by atoms with van der Waals surface area (Å²) in [4.78, 5) is 12.1. The highest BCUT2D eigenvalue weighted by molar-refractivity contribution is 6.03. The number of hydrogen-bond acceptors (Lipinski definition) is 4. The summed E-state index contributed by atoms with van der Waals surface area (Å²) in [6.07, 6.45) is 2.85. The Kier molecular flexibility index (Phi) is 3.96. The molecule has 0 fully saturated rings. The summed E-state index contributed by atoms with van der Waals surface area (Å²) < 4.78 is 12.6. The lowest BCUT2D eigenvalue weighted by Gasteiger charge is -2.06. The van der Waals surface area contributed by atoms with E-state index in [1.54, 1.807) is 13.2 Å². The van der Waals surface area contributed by atoms with Gasteiger partial charge in [0.2, 0.25) is 0 Å². The fourth-order valence-corrected chi connectivity index (χ4v) is 3.10. The second-order valence-electron chi connectivity index (χ2n) is 5.80. The van der Waals surface area contributed by atoms with Gasteiger partial charge in [0, 0.05) is 18.0 Å². The van der Waals surface area contributed by atoms with Crippen molar-refractivity contribution in [1.29, 1.82) is 0 Å². The molecule has 1 amide bonds. The second kappa shape index (κ2) is 6.44. The van der Waals surface area contributed by atoms with Crippen molar-refractivity contribution in [3.63, 3.8) is 0 Å². The minimum Gasteiger partial charge on any atom is -0.496 e. The maximum Gasteiger partial charge on any atom is 0.260 e. The van der Waals surface area contributed by atoms with E-state index in [1.807, 2.05) is 18.2 Å². The molecule has 0 radical (unpaired) electrons. The van der Waals surface area contributed by atoms with Gasteiger partial charge in [-0.3, -0.25) is 9.89 Å². The van der Waals surface area contributed by atoms with Gasteiger partial charge in [0.15, 0.2) is 5.82 Å². The molecular formula is C19H18N4O3. The Balaban J connectivity index is 1.70. The smallest absolute Gasteiger partial charge is 0.260 e. The summed E-state index contributed by atoms with van der Waals surface area (Å²) in [6, 6.07) is 11.4. The predicted octanol–water partition coefficient (Wildman–Crippen LogP) is 3.91. The second-order valence-corrected chi connectivity index (χ2v) is 5.80. The molecule has 0 bridgehead atoms. The highest BCUT2D eigenvalue weighted by Crippen LogP contribution is 2.33. The Morgan fingerprint density at radius 2 is 2.23 bits per heavy atom. The number of rotatable bonds is 5. The number of ether oxygens (including phenoxy) is 1. The van der Waals surface area contributed by atoms with Crippen LogP contribution >= 0.6 is 0 Å². The molecular weight excluding hydrogens is 332 g/mol. The molecule has 3 aromatic heterocycles. The number of aromatic nitrogens is 3. The molecule has 132 valence electrons. The third-order valence-electron chi connectivity index (χ3n) is 4.32. The van der Waals surface area contributed by atoms with Crippen molar-refractivity contribution in [3.05, 3.63) is 54.5 Å². The largest absolute Gasteiger partial charge is 0.496 e. The number of carbonyl (C=O) groups excluding carboxylic acids is 1. The predicted molar refractivity (Wildman–Crippen MR) is 98.4 cm³/mol. The van der Waals surface area contributed by atoms with Crippen molar-refractivity contribution in [2.75, 3.05) is 12.4 Å². The van der Waals surface area contributed by atoms with Gasteiger partial charge in [0.05, 0.1) is 35.8 Å². The molecule has 3 heterocycles. The van der Waals surface area contributed by atoms with Crippen LogP contribution in [0.5, 0.6) is 5.75 Å². The van der Waals surface area contributed by atoms with Crippen LogP contribution in [0.2, 0.25) is 0 Å². The summed E-state index contributed by atoms with van der Waals surface area (Å²) in [5, 5.41) is 11.0. The van der Waals surface area contributed by atoms with E-state index in [9.17, 15) is 4.79 Å². The van der Waals surface area contributed by atoms with E-state index < -0.39 is 0 Å². The number of methoxy groups -OCH3 is 1. The topological polar surface area (TPSA) is 85.1 Å². The Morgan fingerprint density at radius 1 is 1.35 bits per heavy atom. The standard InChI is InChI=1S/C19H18N4O3/c1-3-23-15-5-4-6-17(25-2)13(15)9-16(23)14-10-18(22-21-14)20-19(24)12-7-8-26-11-12/h4-11H,3H2,1-2H3,(H2,20,21,22,24). The molecule has 0 aliphatic heterocycles. The number of carbonyl (C=O) groups is 1. The summed E-state index contributed by atoms with van der Waals surface area (Å²) in [5.41, 5.74) is 3.32. The number of hydrogen-bond donors (Lipinski definition) is 2. The van der Waals surface area contributed by atoms with Gasteiger partial charge in [-0.15, -0.1) is 0 Å². The first kappa shape index (κ1) is 16.0. The molecule has 0 saturated carbocycles. The summed E-state index contributed by atoms with van der Waals surface area (Å²) in [7, 11) is 1.66. The van der Waals surface area contributed by atoms with Gasteiger partial charge < -0.3 is 19.0 Å². The monoisotopic (exact) mass is 350 g/mol. The maximum atomic E-state index is 12.1. The Bertz CT molecular complexity index is 1060. The van der Waals surface area contributed by atoms with Crippen LogP contribution in [0.4, 0.5) is 5.82 Å². The molecule has 1 aromatic carbocycles. The Morgan fingerprint density at radius 3 is 2.96 bits per heavy atom. The lowest BCUT2D eigenvalue weighted by molar-refractivity contribution is 0.102. The first-order chi connectivity index (χ1) is 12.7. The number of furan rings is 1. The highest BCUT2D eigenvalue weighted by Gasteiger charge is 2.16. The molecule has 7 nitrogen and oxygen atoms in total. The zero-order chi connectivity index (χ0) is 18.1. The quantitative estimate of drug-likeness (QED) is 0.571. The van der Waals surface area contributed by atoms with E-state index in [1.165, 1.54) is 12.5 Å². The van der Waals surface area contributed by atoms with Crippen molar-refractivity contribution < 1.29 is 13.9 Å². The number of anilines is 1. The van der Waals surface area contributed by atoms with Crippen LogP contribution < -0.4 is 10.1 Å². The summed E-state index contributed by atoms with van der Waals surface area (Å²) in [5.74, 6) is 1.00. The van der Waals surface area contributed by atoms with Gasteiger partial charge in [-0.2, -0.15) is 5.10 Å². The minimum atomic E-state index is -0.269. The van der Waals surface area contributed by atoms with Crippen LogP contribution in [0, 0.1) is 0 Å². The van der Waals surface area contributed by atoms with Crippen LogP contribution in [0.15, 0.2) is 53.3 Å². The summed E-state index contributed by atoms with van der Waals surface area (Å²) >= 11 is 0. The van der Waals surface area contributed by atoms with Gasteiger partial charge in [0.25, 0.3) is 5.91 Å². The molecule has 2 N–H and O–H groups in total. The zero-order valence-corrected chi connectivity index (χ0v) is 14.4. The minimum absolute atomic E-state index is 0.269. The van der Waals surface area contributed by atoms with Gasteiger partial charge in [0.1, 0.15) is 12.0 Å². The number of fused-ring (bicyclic) bond motifs is 1. The number of H-pyrrole nitrogens is 1. The molecule has 0 atom stereocenters. The number of benzene rings is 1. The number of aromatic amines is 1. The van der Waals surface area contributed by atoms with Crippen molar-refractivity contribution in [1.82, 2.24) is 14.8 Å². The molecule has 4 rings (SSSR count). The average molecular weight is 350 g/mol. The van der Waals surface area contributed by atoms with Crippen molar-refractivity contribution in [2.24, 2.45) is 0 Å². The van der Waals surface area contributed by atoms with E-state index in [-0.39, 0.29) is 5.91 Å². The molecule has 0 spiro atoms. The molecule has 26 heavy (non-hydrogen) atoms. The van der Waals surface area contributed by atoms with Crippen LogP contribution in [0.3, 0.4) is 0 Å². The maximum absolute atomic E-state index is 12.1. The number of aryl methyl sites for hydroxylation is 1. The van der Waals surface area contributed by atoms with E-state index >= 15 is 0 Å². The van der Waals surface area contributed by atoms with E-state index in [0.717, 1.165) is 34.6 Å². The van der Waals surface area contributed by atoms with Crippen molar-refractivity contribution >= 4 is 22.6 Å². The SMILES string of the molecule is CCn1c(-c2cc(NC(=O)c3ccoc3)n[nH]2)cc2c(OC)cccc21. The van der Waals surface area contributed by atoms with Gasteiger partial charge in [-0.25, -0.2) is 0 Å². The Labute approximate surface area is 149 Å². The van der Waals surface area contributed by atoms with Crippen LogP contribution in [0.1, 0.15) is 17.3 Å². The van der Waals surface area contributed by atoms with Crippen molar-refractivity contribution in [3.8, 4) is 17.1 Å². The fourth-order valence-electron chi connectivity index (χ4n) is 3.10. The normalized spacial score (nSPS) is 11.0. The van der Waals surface area contributed by atoms with Gasteiger partial charge >= 0.3 is 0 Å². The van der Waals surface area contributed by atoms with Crippen LogP contribution in [0.25, 0.3) is 22.3 Å². The molecule has 7 heteroatoms. The van der Waals surface area contributed by atoms with Crippen molar-refractivity contribution in [2.45, 2.75) is 13.5 Å². The molecule has 0 saturated heterocycles. The number of nitrogens with one attached hydrogen (secondary N) is 2. The van der Waals surface area contributed by atoms with E-state index in [4.69, 9.17) is 9.15 Å². The number of nitrogens with zero attached hydrogens (tertiary/aromatic N) is 2. The van der Waals surface area contributed by atoms with Crippen LogP contribution in [-0.4, -0.2) is 27.8 Å². The third-order valence-corrected chi connectivity index (χ3v) is 4.32. The van der Waals surface area contributed by atoms with Gasteiger partial charge in [-0.05, 0) is 31.2 Å². The van der Waals surface area contributed by atoms with E-state index in [0.29, 0.717) is 11.4 Å². The molecule has 0 aliphatic carbocycles. The molecule has 4 aromatic rings.